The summed E-state index contributed by atoms with van der Waals surface area (Å²) in [5.74, 6) is 7.03. The Labute approximate surface area is 181 Å². The fourth-order valence-corrected chi connectivity index (χ4v) is 5.70. The number of aliphatic hydroxyl groups is 1. The molecule has 0 saturated heterocycles. The second-order valence-electron chi connectivity index (χ2n) is 10.00. The maximum Gasteiger partial charge on any atom is 0.0589 e. The fourth-order valence-electron chi connectivity index (χ4n) is 5.70. The van der Waals surface area contributed by atoms with E-state index in [0.717, 1.165) is 12.8 Å². The molecular formula is C27H42O. The van der Waals surface area contributed by atoms with E-state index < -0.39 is 18.8 Å². The average molecular weight is 388 g/mol. The summed E-state index contributed by atoms with van der Waals surface area (Å²) in [5.41, 5.74) is 1.20. The predicted octanol–water partition coefficient (Wildman–Crippen LogP) is 7.07. The van der Waals surface area contributed by atoms with E-state index in [4.69, 9.17) is 5.48 Å². The number of fused-ring (bicyclic) bond motifs is 1. The van der Waals surface area contributed by atoms with Crippen molar-refractivity contribution in [1.82, 2.24) is 0 Å². The summed E-state index contributed by atoms with van der Waals surface area (Å²) < 4.78 is 41.8. The third-order valence-electron chi connectivity index (χ3n) is 7.46. The van der Waals surface area contributed by atoms with Gasteiger partial charge in [0.25, 0.3) is 0 Å². The molecule has 1 fully saturated rings. The molecule has 156 valence electrons. The van der Waals surface area contributed by atoms with Gasteiger partial charge in [-0.1, -0.05) is 70.4 Å². The lowest BCUT2D eigenvalue weighted by Crippen LogP contribution is -2.35. The lowest BCUT2D eigenvalue weighted by molar-refractivity contribution is 0.108. The van der Waals surface area contributed by atoms with Crippen LogP contribution in [0.15, 0.2) is 22.8 Å². The molecule has 1 N–H and O–H groups in total. The second kappa shape index (κ2) is 9.21. The lowest BCUT2D eigenvalue weighted by Gasteiger charge is -2.42. The lowest BCUT2D eigenvalue weighted by atomic mass is 9.62. The molecule has 0 bridgehead atoms. The molecule has 1 heteroatoms. The topological polar surface area (TPSA) is 20.2 Å². The van der Waals surface area contributed by atoms with Gasteiger partial charge in [0.05, 0.1) is 7.47 Å². The predicted molar refractivity (Wildman–Crippen MR) is 120 cm³/mol. The van der Waals surface area contributed by atoms with Gasteiger partial charge in [-0.05, 0) is 74.4 Å². The number of hydrogen-bond donors (Lipinski definition) is 1. The first-order valence-electron chi connectivity index (χ1n) is 13.9. The Hall–Kier alpha value is -1.00. The van der Waals surface area contributed by atoms with Crippen LogP contribution >= 0.6 is 0 Å². The molecule has 5 atom stereocenters. The van der Waals surface area contributed by atoms with Crippen LogP contribution in [0.25, 0.3) is 0 Å². The summed E-state index contributed by atoms with van der Waals surface area (Å²) >= 11 is 0. The van der Waals surface area contributed by atoms with Gasteiger partial charge in [-0.15, -0.1) is 0 Å². The number of rotatable bonds is 5. The first kappa shape index (κ1) is 15.8. The number of hydrogen-bond acceptors (Lipinski definition) is 1. The molecule has 0 aliphatic heterocycles. The monoisotopic (exact) mass is 387 g/mol. The van der Waals surface area contributed by atoms with Crippen molar-refractivity contribution >= 4 is 0 Å². The van der Waals surface area contributed by atoms with Crippen LogP contribution in [-0.2, 0) is 0 Å². The van der Waals surface area contributed by atoms with E-state index in [1.165, 1.54) is 19.3 Å². The molecule has 0 aromatic heterocycles. The van der Waals surface area contributed by atoms with E-state index in [1.807, 2.05) is 0 Å². The van der Waals surface area contributed by atoms with Crippen molar-refractivity contribution in [3.8, 4) is 11.8 Å². The molecule has 3 aliphatic carbocycles. The number of aliphatic hydroxyl groups excluding tert-OH is 1. The minimum absolute atomic E-state index is 0.216. The van der Waals surface area contributed by atoms with E-state index in [1.54, 1.807) is 0 Å². The van der Waals surface area contributed by atoms with E-state index in [2.05, 4.69) is 39.5 Å². The van der Waals surface area contributed by atoms with Crippen LogP contribution in [0.5, 0.6) is 0 Å². The Kier molecular flexibility index (Phi) is 5.19. The van der Waals surface area contributed by atoms with E-state index in [-0.39, 0.29) is 11.8 Å². The fraction of sp³-hybridized carbons (Fsp3) is 0.778. The highest BCUT2D eigenvalue weighted by Gasteiger charge is 2.50. The van der Waals surface area contributed by atoms with Crippen molar-refractivity contribution in [2.24, 2.45) is 29.1 Å². The quantitative estimate of drug-likeness (QED) is 0.500. The molecule has 0 aromatic carbocycles. The van der Waals surface area contributed by atoms with Gasteiger partial charge in [0.1, 0.15) is 0 Å². The zero-order valence-corrected chi connectivity index (χ0v) is 18.3. The van der Waals surface area contributed by atoms with Gasteiger partial charge in [0.15, 0.2) is 0 Å². The third kappa shape index (κ3) is 4.76. The molecule has 3 rings (SSSR count). The molecular weight excluding hydrogens is 340 g/mol. The van der Waals surface area contributed by atoms with Gasteiger partial charge >= 0.3 is 0 Å². The summed E-state index contributed by atoms with van der Waals surface area (Å²) in [4.78, 5) is 0. The first-order valence-corrected chi connectivity index (χ1v) is 11.4. The molecule has 28 heavy (non-hydrogen) atoms. The van der Waals surface area contributed by atoms with E-state index in [9.17, 15) is 6.48 Å². The van der Waals surface area contributed by atoms with Gasteiger partial charge in [-0.2, -0.15) is 0 Å². The van der Waals surface area contributed by atoms with Crippen molar-refractivity contribution < 1.29 is 12.0 Å². The van der Waals surface area contributed by atoms with Crippen LogP contribution in [-0.4, -0.2) is 11.2 Å². The van der Waals surface area contributed by atoms with Gasteiger partial charge in [0.2, 0.25) is 0 Å². The maximum absolute atomic E-state index is 10.1. The Morgan fingerprint density at radius 1 is 1.29 bits per heavy atom. The summed E-state index contributed by atoms with van der Waals surface area (Å²) in [5, 5.41) is 10.1. The summed E-state index contributed by atoms with van der Waals surface area (Å²) in [6.07, 6.45) is 7.26. The Morgan fingerprint density at radius 3 is 2.86 bits per heavy atom. The molecule has 1 saturated carbocycles. The molecule has 0 radical (unpaired) electrons. The van der Waals surface area contributed by atoms with Gasteiger partial charge in [0, 0.05) is 23.1 Å². The SMILES string of the molecule is [2H]C1=C(C#CC2=C(C([2H])([2H])[2H])CC[C@H](O)C2)[C@]2([2H])CC[C@H]([C@H](C)CCCC(C)C)[C@@]2(C)CC1. The van der Waals surface area contributed by atoms with Gasteiger partial charge in [-0.3, -0.25) is 0 Å². The van der Waals surface area contributed by atoms with Crippen molar-refractivity contribution in [3.63, 3.8) is 0 Å². The zero-order chi connectivity index (χ0) is 24.6. The second-order valence-corrected chi connectivity index (χ2v) is 10.00. The van der Waals surface area contributed by atoms with Crippen molar-refractivity contribution in [3.05, 3.63) is 22.8 Å². The van der Waals surface area contributed by atoms with Crippen LogP contribution in [0.1, 0.15) is 106 Å². The number of allylic oxidation sites excluding steroid dienone is 3. The zero-order valence-electron chi connectivity index (χ0n) is 23.3. The highest BCUT2D eigenvalue weighted by atomic mass is 16.3. The van der Waals surface area contributed by atoms with Gasteiger partial charge < -0.3 is 5.11 Å². The normalized spacial score (nSPS) is 40.0. The maximum atomic E-state index is 10.1. The molecule has 0 amide bonds. The largest absolute Gasteiger partial charge is 0.393 e. The molecule has 0 unspecified atom stereocenters. The standard InChI is InChI=1S/C27H42O/c1-19(2)8-6-9-21(4)25-15-16-26-22(10-7-17-27(25,26)5)12-13-23-18-24(28)14-11-20(23)3/h10,19,21,24-26,28H,6-9,11,14-18H2,1-5H3/t21-,24+,25-,26+,27-/m1/s1/i3D3,10D,26D. The molecule has 0 aromatic rings. The van der Waals surface area contributed by atoms with E-state index >= 15 is 0 Å². The minimum atomic E-state index is -2.22. The van der Waals surface area contributed by atoms with E-state index in [0.29, 0.717) is 66.2 Å². The van der Waals surface area contributed by atoms with Crippen LogP contribution in [0.3, 0.4) is 0 Å². The smallest absolute Gasteiger partial charge is 0.0589 e. The highest BCUT2D eigenvalue weighted by Crippen LogP contribution is 2.58. The van der Waals surface area contributed by atoms with Crippen molar-refractivity contribution in [2.75, 3.05) is 0 Å². The van der Waals surface area contributed by atoms with Crippen molar-refractivity contribution in [1.29, 1.82) is 0 Å². The molecule has 0 spiro atoms. The molecule has 3 aliphatic rings. The highest BCUT2D eigenvalue weighted by molar-refractivity contribution is 5.44. The average Bonchev–Trinajstić information content (AvgIpc) is 2.98. The Balaban J connectivity index is 1.90. The van der Waals surface area contributed by atoms with Crippen LogP contribution in [0, 0.1) is 40.9 Å². The van der Waals surface area contributed by atoms with Crippen molar-refractivity contribution in [2.45, 2.75) is 105 Å². The minimum Gasteiger partial charge on any atom is -0.393 e. The molecule has 0 heterocycles. The third-order valence-corrected chi connectivity index (χ3v) is 7.46. The Morgan fingerprint density at radius 2 is 2.11 bits per heavy atom. The summed E-state index contributed by atoms with van der Waals surface area (Å²) in [6.45, 7) is 6.89. The van der Waals surface area contributed by atoms with Crippen LogP contribution in [0.4, 0.5) is 0 Å². The first-order chi connectivity index (χ1) is 15.3. The molecule has 1 nitrogen and oxygen atoms in total. The summed E-state index contributed by atoms with van der Waals surface area (Å²) in [7, 11) is 0. The Bertz CT molecular complexity index is 858. The van der Waals surface area contributed by atoms with Gasteiger partial charge in [-0.25, -0.2) is 0 Å². The van der Waals surface area contributed by atoms with Crippen LogP contribution < -0.4 is 0 Å². The summed E-state index contributed by atoms with van der Waals surface area (Å²) in [6, 6.07) is 0.440. The van der Waals surface area contributed by atoms with Crippen LogP contribution in [0.2, 0.25) is 0 Å².